The van der Waals surface area contributed by atoms with Crippen molar-refractivity contribution >= 4 is 11.9 Å². The molecule has 4 heteroatoms. The van der Waals surface area contributed by atoms with Gasteiger partial charge in [-0.15, -0.1) is 0 Å². The molecular weight excluding hydrogens is 196 g/mol. The Morgan fingerprint density at radius 3 is 2.13 bits per heavy atom. The molecule has 0 aliphatic heterocycles. The van der Waals surface area contributed by atoms with Crippen LogP contribution in [0, 0.1) is 11.3 Å². The Hall–Kier alpha value is -1.06. The molecule has 0 aromatic rings. The highest BCUT2D eigenvalue weighted by Crippen LogP contribution is 2.32. The lowest BCUT2D eigenvalue weighted by Crippen LogP contribution is -2.30. The highest BCUT2D eigenvalue weighted by molar-refractivity contribution is 5.73. The fraction of sp³-hybridized carbons (Fsp3) is 0.818. The van der Waals surface area contributed by atoms with Gasteiger partial charge in [-0.05, 0) is 11.8 Å². The van der Waals surface area contributed by atoms with Crippen LogP contribution in [0.25, 0.3) is 0 Å². The van der Waals surface area contributed by atoms with E-state index in [0.29, 0.717) is 12.8 Å². The summed E-state index contributed by atoms with van der Waals surface area (Å²) in [7, 11) is 2.73. The number of methoxy groups -OCH3 is 2. The highest BCUT2D eigenvalue weighted by atomic mass is 16.5. The van der Waals surface area contributed by atoms with Crippen LogP contribution in [0.15, 0.2) is 0 Å². The number of carbonyl (C=O) groups is 2. The molecule has 4 nitrogen and oxygen atoms in total. The van der Waals surface area contributed by atoms with E-state index in [2.05, 4.69) is 9.47 Å². The van der Waals surface area contributed by atoms with Crippen molar-refractivity contribution < 1.29 is 19.1 Å². The molecule has 0 aliphatic rings. The first-order valence-electron chi connectivity index (χ1n) is 4.99. The molecule has 0 aromatic carbocycles. The molecule has 88 valence electrons. The minimum Gasteiger partial charge on any atom is -0.469 e. The van der Waals surface area contributed by atoms with Gasteiger partial charge in [0, 0.05) is 6.42 Å². The molecule has 1 atom stereocenters. The zero-order valence-electron chi connectivity index (χ0n) is 10.1. The summed E-state index contributed by atoms with van der Waals surface area (Å²) in [6.07, 6.45) is 0.931. The van der Waals surface area contributed by atoms with Crippen molar-refractivity contribution in [2.75, 3.05) is 14.2 Å². The zero-order valence-corrected chi connectivity index (χ0v) is 10.1. The second-order valence-electron chi connectivity index (χ2n) is 4.31. The SMILES string of the molecule is COC(=O)CCC(C)(C)C(C)C(=O)OC. The molecule has 0 saturated heterocycles. The Balaban J connectivity index is 4.28. The van der Waals surface area contributed by atoms with Crippen molar-refractivity contribution in [2.24, 2.45) is 11.3 Å². The summed E-state index contributed by atoms with van der Waals surface area (Å²) in [6.45, 7) is 5.69. The predicted octanol–water partition coefficient (Wildman–Crippen LogP) is 1.77. The molecule has 0 aliphatic carbocycles. The minimum absolute atomic E-state index is 0.229. The van der Waals surface area contributed by atoms with Crippen LogP contribution >= 0.6 is 0 Å². The quantitative estimate of drug-likeness (QED) is 0.657. The third kappa shape index (κ3) is 4.32. The van der Waals surface area contributed by atoms with Crippen molar-refractivity contribution in [3.8, 4) is 0 Å². The first-order chi connectivity index (χ1) is 6.85. The van der Waals surface area contributed by atoms with E-state index < -0.39 is 0 Å². The van der Waals surface area contributed by atoms with Crippen LogP contribution in [0.5, 0.6) is 0 Å². The molecule has 0 aromatic heterocycles. The normalized spacial score (nSPS) is 13.1. The summed E-state index contributed by atoms with van der Waals surface area (Å²) < 4.78 is 9.23. The lowest BCUT2D eigenvalue weighted by molar-refractivity contribution is -0.150. The Morgan fingerprint density at radius 2 is 1.73 bits per heavy atom. The summed E-state index contributed by atoms with van der Waals surface area (Å²) in [5.74, 6) is -0.725. The molecule has 0 saturated carbocycles. The summed E-state index contributed by atoms with van der Waals surface area (Å²) in [4.78, 5) is 22.3. The lowest BCUT2D eigenvalue weighted by Gasteiger charge is -2.29. The van der Waals surface area contributed by atoms with Gasteiger partial charge < -0.3 is 9.47 Å². The summed E-state index contributed by atoms with van der Waals surface area (Å²) in [6, 6.07) is 0. The molecule has 0 heterocycles. The van der Waals surface area contributed by atoms with Gasteiger partial charge in [-0.1, -0.05) is 20.8 Å². The number of carbonyl (C=O) groups excluding carboxylic acids is 2. The van der Waals surface area contributed by atoms with E-state index in [1.165, 1.54) is 14.2 Å². The Kier molecular flexibility index (Phi) is 5.33. The first kappa shape index (κ1) is 13.9. The lowest BCUT2D eigenvalue weighted by atomic mass is 9.76. The maximum Gasteiger partial charge on any atom is 0.308 e. The van der Waals surface area contributed by atoms with Gasteiger partial charge in [-0.25, -0.2) is 0 Å². The fourth-order valence-electron chi connectivity index (χ4n) is 1.24. The van der Waals surface area contributed by atoms with Crippen LogP contribution in [0.3, 0.4) is 0 Å². The van der Waals surface area contributed by atoms with E-state index in [1.54, 1.807) is 0 Å². The largest absolute Gasteiger partial charge is 0.469 e. The summed E-state index contributed by atoms with van der Waals surface area (Å²) in [5, 5.41) is 0. The first-order valence-corrected chi connectivity index (χ1v) is 4.99. The molecule has 0 fully saturated rings. The average Bonchev–Trinajstić information content (AvgIpc) is 2.23. The molecule has 15 heavy (non-hydrogen) atoms. The van der Waals surface area contributed by atoms with Gasteiger partial charge in [-0.3, -0.25) is 9.59 Å². The Morgan fingerprint density at radius 1 is 1.20 bits per heavy atom. The van der Waals surface area contributed by atoms with Gasteiger partial charge in [0.05, 0.1) is 20.1 Å². The maximum atomic E-state index is 11.3. The number of rotatable bonds is 5. The molecule has 0 bridgehead atoms. The topological polar surface area (TPSA) is 52.6 Å². The standard InChI is InChI=1S/C11H20O4/c1-8(10(13)15-5)11(2,3)7-6-9(12)14-4/h8H,6-7H2,1-5H3. The van der Waals surface area contributed by atoms with Gasteiger partial charge in [0.15, 0.2) is 0 Å². The zero-order chi connectivity index (χ0) is 12.1. The van der Waals surface area contributed by atoms with Gasteiger partial charge >= 0.3 is 11.9 Å². The van der Waals surface area contributed by atoms with Gasteiger partial charge in [0.2, 0.25) is 0 Å². The van der Waals surface area contributed by atoms with Crippen molar-refractivity contribution in [3.05, 3.63) is 0 Å². The van der Waals surface area contributed by atoms with Crippen molar-refractivity contribution in [2.45, 2.75) is 33.6 Å². The van der Waals surface area contributed by atoms with E-state index >= 15 is 0 Å². The van der Waals surface area contributed by atoms with E-state index in [9.17, 15) is 9.59 Å². The second-order valence-corrected chi connectivity index (χ2v) is 4.31. The van der Waals surface area contributed by atoms with E-state index in [4.69, 9.17) is 0 Å². The minimum atomic E-state index is -0.263. The second kappa shape index (κ2) is 5.73. The van der Waals surface area contributed by atoms with Gasteiger partial charge in [0.25, 0.3) is 0 Å². The third-order valence-electron chi connectivity index (χ3n) is 2.93. The summed E-state index contributed by atoms with van der Waals surface area (Å²) in [5.41, 5.74) is -0.263. The molecule has 0 rings (SSSR count). The maximum absolute atomic E-state index is 11.3. The number of hydrogen-bond donors (Lipinski definition) is 0. The summed E-state index contributed by atoms with van der Waals surface area (Å²) >= 11 is 0. The van der Waals surface area contributed by atoms with Crippen LogP contribution in [-0.4, -0.2) is 26.2 Å². The van der Waals surface area contributed by atoms with Crippen LogP contribution in [-0.2, 0) is 19.1 Å². The van der Waals surface area contributed by atoms with Crippen LogP contribution in [0.2, 0.25) is 0 Å². The highest BCUT2D eigenvalue weighted by Gasteiger charge is 2.32. The van der Waals surface area contributed by atoms with Crippen molar-refractivity contribution in [1.29, 1.82) is 0 Å². The fourth-order valence-corrected chi connectivity index (χ4v) is 1.24. The van der Waals surface area contributed by atoms with Crippen molar-refractivity contribution in [3.63, 3.8) is 0 Å². The molecule has 0 amide bonds. The van der Waals surface area contributed by atoms with E-state index in [0.717, 1.165) is 0 Å². The number of esters is 2. The van der Waals surface area contributed by atoms with Crippen LogP contribution in [0.4, 0.5) is 0 Å². The average molecular weight is 216 g/mol. The Labute approximate surface area is 90.9 Å². The smallest absolute Gasteiger partial charge is 0.308 e. The number of hydrogen-bond acceptors (Lipinski definition) is 4. The predicted molar refractivity (Wildman–Crippen MR) is 56.2 cm³/mol. The van der Waals surface area contributed by atoms with Crippen LogP contribution in [0.1, 0.15) is 33.6 Å². The molecule has 0 radical (unpaired) electrons. The van der Waals surface area contributed by atoms with E-state index in [-0.39, 0.29) is 23.3 Å². The molecule has 1 unspecified atom stereocenters. The molecular formula is C11H20O4. The van der Waals surface area contributed by atoms with Crippen molar-refractivity contribution in [1.82, 2.24) is 0 Å². The molecule has 0 N–H and O–H groups in total. The van der Waals surface area contributed by atoms with Crippen LogP contribution < -0.4 is 0 Å². The van der Waals surface area contributed by atoms with E-state index in [1.807, 2.05) is 20.8 Å². The number of ether oxygens (including phenoxy) is 2. The Bertz CT molecular complexity index is 233. The third-order valence-corrected chi connectivity index (χ3v) is 2.93. The molecule has 0 spiro atoms. The monoisotopic (exact) mass is 216 g/mol. The van der Waals surface area contributed by atoms with Gasteiger partial charge in [-0.2, -0.15) is 0 Å². The van der Waals surface area contributed by atoms with Gasteiger partial charge in [0.1, 0.15) is 0 Å².